The molecule has 0 saturated heterocycles. The Morgan fingerprint density at radius 1 is 0.913 bits per heavy atom. The lowest BCUT2D eigenvalue weighted by molar-refractivity contribution is 0.0958. The highest BCUT2D eigenvalue weighted by Crippen LogP contribution is 2.24. The number of aromatic nitrogens is 2. The van der Waals surface area contributed by atoms with Gasteiger partial charge in [0.2, 0.25) is 5.95 Å². The van der Waals surface area contributed by atoms with Gasteiger partial charge in [0, 0.05) is 12.6 Å². The Labute approximate surface area is 134 Å². The standard InChI is InChI=1S/C18H16N4O/c1-20-17(23)16-11-15(21-18(19)22-16)14-9-7-13(8-10-14)12-5-3-2-4-6-12/h2-11H,1H3,(H,20,23)(H2,19,21,22). The van der Waals surface area contributed by atoms with Gasteiger partial charge >= 0.3 is 0 Å². The van der Waals surface area contributed by atoms with E-state index < -0.39 is 0 Å². The molecule has 23 heavy (non-hydrogen) atoms. The topological polar surface area (TPSA) is 80.9 Å². The van der Waals surface area contributed by atoms with E-state index in [4.69, 9.17) is 5.73 Å². The van der Waals surface area contributed by atoms with Crippen LogP contribution >= 0.6 is 0 Å². The second-order valence-corrected chi connectivity index (χ2v) is 5.02. The normalized spacial score (nSPS) is 10.3. The van der Waals surface area contributed by atoms with Crippen LogP contribution in [0.2, 0.25) is 0 Å². The molecule has 0 aliphatic rings. The summed E-state index contributed by atoms with van der Waals surface area (Å²) in [5.41, 5.74) is 9.72. The van der Waals surface area contributed by atoms with E-state index in [1.165, 1.54) is 0 Å². The molecule has 3 aromatic rings. The fourth-order valence-electron chi connectivity index (χ4n) is 2.32. The number of anilines is 1. The van der Waals surface area contributed by atoms with Crippen molar-refractivity contribution in [1.29, 1.82) is 0 Å². The van der Waals surface area contributed by atoms with Crippen LogP contribution in [-0.4, -0.2) is 22.9 Å². The van der Waals surface area contributed by atoms with Crippen LogP contribution in [0.4, 0.5) is 5.95 Å². The van der Waals surface area contributed by atoms with E-state index in [1.807, 2.05) is 42.5 Å². The molecule has 114 valence electrons. The maximum Gasteiger partial charge on any atom is 0.269 e. The van der Waals surface area contributed by atoms with Crippen molar-refractivity contribution < 1.29 is 4.79 Å². The Morgan fingerprint density at radius 2 is 1.52 bits per heavy atom. The summed E-state index contributed by atoms with van der Waals surface area (Å²) < 4.78 is 0. The summed E-state index contributed by atoms with van der Waals surface area (Å²) in [6.07, 6.45) is 0. The molecule has 0 saturated carbocycles. The highest BCUT2D eigenvalue weighted by atomic mass is 16.1. The number of nitrogens with one attached hydrogen (secondary N) is 1. The molecule has 5 nitrogen and oxygen atoms in total. The molecule has 0 bridgehead atoms. The zero-order valence-corrected chi connectivity index (χ0v) is 12.7. The van der Waals surface area contributed by atoms with Crippen LogP contribution in [0, 0.1) is 0 Å². The van der Waals surface area contributed by atoms with E-state index in [0.717, 1.165) is 16.7 Å². The molecular weight excluding hydrogens is 288 g/mol. The first kappa shape index (κ1) is 14.7. The first-order chi connectivity index (χ1) is 11.2. The van der Waals surface area contributed by atoms with Gasteiger partial charge in [0.15, 0.2) is 0 Å². The van der Waals surface area contributed by atoms with Gasteiger partial charge in [-0.1, -0.05) is 54.6 Å². The molecule has 2 aromatic carbocycles. The maximum atomic E-state index is 11.7. The van der Waals surface area contributed by atoms with Crippen molar-refractivity contribution in [2.75, 3.05) is 12.8 Å². The van der Waals surface area contributed by atoms with Crippen molar-refractivity contribution in [3.8, 4) is 22.4 Å². The van der Waals surface area contributed by atoms with Crippen molar-refractivity contribution in [2.24, 2.45) is 0 Å². The SMILES string of the molecule is CNC(=O)c1cc(-c2ccc(-c3ccccc3)cc2)nc(N)n1. The molecule has 0 atom stereocenters. The van der Waals surface area contributed by atoms with Gasteiger partial charge < -0.3 is 11.1 Å². The van der Waals surface area contributed by atoms with Crippen LogP contribution in [0.3, 0.4) is 0 Å². The Morgan fingerprint density at radius 3 is 2.17 bits per heavy atom. The van der Waals surface area contributed by atoms with Crippen molar-refractivity contribution >= 4 is 11.9 Å². The number of hydrogen-bond acceptors (Lipinski definition) is 4. The number of amides is 1. The van der Waals surface area contributed by atoms with Gasteiger partial charge in [-0.3, -0.25) is 4.79 Å². The fraction of sp³-hybridized carbons (Fsp3) is 0.0556. The van der Waals surface area contributed by atoms with E-state index in [1.54, 1.807) is 13.1 Å². The first-order valence-electron chi connectivity index (χ1n) is 7.20. The molecular formula is C18H16N4O. The van der Waals surface area contributed by atoms with Gasteiger partial charge in [0.1, 0.15) is 5.69 Å². The molecule has 0 aliphatic carbocycles. The summed E-state index contributed by atoms with van der Waals surface area (Å²) in [5, 5.41) is 2.53. The predicted octanol–water partition coefficient (Wildman–Crippen LogP) is 2.75. The smallest absolute Gasteiger partial charge is 0.269 e. The van der Waals surface area contributed by atoms with Gasteiger partial charge in [0.25, 0.3) is 5.91 Å². The second kappa shape index (κ2) is 6.27. The summed E-state index contributed by atoms with van der Waals surface area (Å²) in [6.45, 7) is 0. The summed E-state index contributed by atoms with van der Waals surface area (Å²) >= 11 is 0. The average Bonchev–Trinajstić information content (AvgIpc) is 2.61. The highest BCUT2D eigenvalue weighted by Gasteiger charge is 2.10. The highest BCUT2D eigenvalue weighted by molar-refractivity contribution is 5.93. The second-order valence-electron chi connectivity index (χ2n) is 5.02. The lowest BCUT2D eigenvalue weighted by Crippen LogP contribution is -2.20. The molecule has 0 aliphatic heterocycles. The van der Waals surface area contributed by atoms with E-state index in [9.17, 15) is 4.79 Å². The Bertz CT molecular complexity index is 829. The molecule has 0 spiro atoms. The molecule has 1 amide bonds. The van der Waals surface area contributed by atoms with Crippen LogP contribution in [0.5, 0.6) is 0 Å². The third kappa shape index (κ3) is 3.18. The van der Waals surface area contributed by atoms with Gasteiger partial charge in [-0.2, -0.15) is 0 Å². The minimum atomic E-state index is -0.291. The van der Waals surface area contributed by atoms with Gasteiger partial charge in [-0.25, -0.2) is 9.97 Å². The zero-order valence-electron chi connectivity index (χ0n) is 12.7. The predicted molar refractivity (Wildman–Crippen MR) is 90.7 cm³/mol. The molecule has 0 fully saturated rings. The number of benzene rings is 2. The maximum absolute atomic E-state index is 11.7. The van der Waals surface area contributed by atoms with Crippen molar-refractivity contribution in [3.63, 3.8) is 0 Å². The summed E-state index contributed by atoms with van der Waals surface area (Å²) in [7, 11) is 1.55. The number of hydrogen-bond donors (Lipinski definition) is 2. The van der Waals surface area contributed by atoms with Crippen molar-refractivity contribution in [1.82, 2.24) is 15.3 Å². The third-order valence-electron chi connectivity index (χ3n) is 3.49. The molecule has 3 rings (SSSR count). The lowest BCUT2D eigenvalue weighted by Gasteiger charge is -2.07. The average molecular weight is 304 g/mol. The molecule has 5 heteroatoms. The third-order valence-corrected chi connectivity index (χ3v) is 3.49. The number of nitrogens with zero attached hydrogens (tertiary/aromatic N) is 2. The minimum absolute atomic E-state index is 0.0771. The Balaban J connectivity index is 1.96. The summed E-state index contributed by atoms with van der Waals surface area (Å²) in [6, 6.07) is 19.7. The molecule has 0 radical (unpaired) electrons. The van der Waals surface area contributed by atoms with Crippen molar-refractivity contribution in [2.45, 2.75) is 0 Å². The zero-order chi connectivity index (χ0) is 16.2. The first-order valence-corrected chi connectivity index (χ1v) is 7.20. The van der Waals surface area contributed by atoms with E-state index in [0.29, 0.717) is 5.69 Å². The Kier molecular flexibility index (Phi) is 4.01. The van der Waals surface area contributed by atoms with Gasteiger partial charge in [-0.15, -0.1) is 0 Å². The lowest BCUT2D eigenvalue weighted by atomic mass is 10.0. The largest absolute Gasteiger partial charge is 0.368 e. The monoisotopic (exact) mass is 304 g/mol. The number of carbonyl (C=O) groups excluding carboxylic acids is 1. The van der Waals surface area contributed by atoms with Crippen LogP contribution in [0.1, 0.15) is 10.5 Å². The Hall–Kier alpha value is -3.21. The number of rotatable bonds is 3. The quantitative estimate of drug-likeness (QED) is 0.779. The van der Waals surface area contributed by atoms with Crippen LogP contribution in [0.15, 0.2) is 60.7 Å². The molecule has 1 heterocycles. The summed E-state index contributed by atoms with van der Waals surface area (Å²) in [4.78, 5) is 19.9. The minimum Gasteiger partial charge on any atom is -0.368 e. The van der Waals surface area contributed by atoms with E-state index in [-0.39, 0.29) is 17.5 Å². The number of nitrogens with two attached hydrogens (primary N) is 1. The summed E-state index contributed by atoms with van der Waals surface area (Å²) in [5.74, 6) is -0.213. The molecule has 3 N–H and O–H groups in total. The van der Waals surface area contributed by atoms with Crippen LogP contribution < -0.4 is 11.1 Å². The fourth-order valence-corrected chi connectivity index (χ4v) is 2.32. The van der Waals surface area contributed by atoms with E-state index in [2.05, 4.69) is 27.4 Å². The van der Waals surface area contributed by atoms with Gasteiger partial charge in [-0.05, 0) is 17.2 Å². The van der Waals surface area contributed by atoms with E-state index >= 15 is 0 Å². The van der Waals surface area contributed by atoms with Crippen molar-refractivity contribution in [3.05, 3.63) is 66.4 Å². The molecule has 0 unspecified atom stereocenters. The van der Waals surface area contributed by atoms with Crippen LogP contribution in [-0.2, 0) is 0 Å². The number of carbonyl (C=O) groups is 1. The number of nitrogen functional groups attached to an aromatic ring is 1. The molecule has 1 aromatic heterocycles. The van der Waals surface area contributed by atoms with Gasteiger partial charge in [0.05, 0.1) is 5.69 Å². The van der Waals surface area contributed by atoms with Crippen LogP contribution in [0.25, 0.3) is 22.4 Å².